The summed E-state index contributed by atoms with van der Waals surface area (Å²) >= 11 is 0. The summed E-state index contributed by atoms with van der Waals surface area (Å²) in [4.78, 5) is 37.4. The number of hydrogen-bond donors (Lipinski definition) is 5. The van der Waals surface area contributed by atoms with Gasteiger partial charge in [-0.15, -0.1) is 0 Å². The number of amides is 1. The zero-order valence-corrected chi connectivity index (χ0v) is 26.7. The lowest BCUT2D eigenvalue weighted by Gasteiger charge is -2.12. The molecule has 0 radical (unpaired) electrons. The number of anilines is 5. The largest absolute Gasteiger partial charge is 0.508 e. The van der Waals surface area contributed by atoms with Crippen LogP contribution in [0.4, 0.5) is 29.2 Å². The maximum absolute atomic E-state index is 12.9. The first-order chi connectivity index (χ1) is 23.4. The predicted octanol–water partition coefficient (Wildman–Crippen LogP) is 5.96. The molecule has 1 amide bonds. The van der Waals surface area contributed by atoms with Crippen LogP contribution in [0.2, 0.25) is 0 Å². The van der Waals surface area contributed by atoms with E-state index in [0.29, 0.717) is 75.2 Å². The number of ether oxygens (including phenoxy) is 2. The Bertz CT molecular complexity index is 1790. The zero-order chi connectivity index (χ0) is 33.6. The molecule has 0 atom stereocenters. The molecule has 0 aliphatic carbocycles. The van der Waals surface area contributed by atoms with Gasteiger partial charge in [0, 0.05) is 43.1 Å². The monoisotopic (exact) mass is 649 g/mol. The van der Waals surface area contributed by atoms with Gasteiger partial charge in [0.25, 0.3) is 5.91 Å². The van der Waals surface area contributed by atoms with Crippen molar-refractivity contribution < 1.29 is 24.2 Å². The molecule has 248 valence electrons. The Kier molecular flexibility index (Phi) is 12.2. The highest BCUT2D eigenvalue weighted by molar-refractivity contribution is 5.95. The number of carbonyl (C=O) groups is 2. The highest BCUT2D eigenvalue weighted by atomic mass is 16.5. The van der Waals surface area contributed by atoms with Gasteiger partial charge in [-0.1, -0.05) is 42.5 Å². The van der Waals surface area contributed by atoms with Gasteiger partial charge in [-0.2, -0.15) is 15.0 Å². The lowest BCUT2D eigenvalue weighted by molar-refractivity contribution is -0.117. The molecule has 5 N–H and O–H groups in total. The highest BCUT2D eigenvalue weighted by Gasteiger charge is 2.10. The molecule has 5 rings (SSSR count). The number of fused-ring (bicyclic) bond motifs is 1. The number of phenolic OH excluding ortho intramolecular Hbond substituents is 1. The van der Waals surface area contributed by atoms with Crippen molar-refractivity contribution in [3.05, 3.63) is 102 Å². The van der Waals surface area contributed by atoms with Crippen molar-refractivity contribution in [2.75, 3.05) is 48.9 Å². The maximum Gasteiger partial charge on any atom is 0.251 e. The van der Waals surface area contributed by atoms with Crippen molar-refractivity contribution in [2.24, 2.45) is 0 Å². The minimum absolute atomic E-state index is 0.146. The summed E-state index contributed by atoms with van der Waals surface area (Å²) in [6.45, 7) is 4.23. The fourth-order valence-corrected chi connectivity index (χ4v) is 4.78. The Balaban J connectivity index is 1.17. The number of aromatic hydroxyl groups is 1. The van der Waals surface area contributed by atoms with Gasteiger partial charge in [0.2, 0.25) is 17.8 Å². The van der Waals surface area contributed by atoms with Crippen LogP contribution in [-0.4, -0.2) is 64.7 Å². The van der Waals surface area contributed by atoms with E-state index in [4.69, 9.17) is 9.47 Å². The summed E-state index contributed by atoms with van der Waals surface area (Å²) in [5, 5.41) is 24.4. The number of nitrogens with one attached hydrogen (secondary N) is 4. The standard InChI is InChI=1S/C36H39N7O5/c1-25(44)6-5-20-47-22-23-48-21-19-37-34-41-35(43-36(42-34)40-30-15-17-31(45)18-16-30)39-29-13-11-27(12-14-29)33(46)38-24-28-9-4-8-26-7-2-3-10-32(26)28/h2-4,7-18,45H,5-6,19-24H2,1H3,(H,38,46)(H3,37,39,40,41,42,43). The zero-order valence-electron chi connectivity index (χ0n) is 26.7. The van der Waals surface area contributed by atoms with E-state index in [0.717, 1.165) is 16.3 Å². The first-order valence-electron chi connectivity index (χ1n) is 15.8. The minimum atomic E-state index is -0.178. The number of nitrogens with zero attached hydrogens (tertiary/aromatic N) is 3. The number of phenols is 1. The molecule has 0 aliphatic heterocycles. The van der Waals surface area contributed by atoms with Crippen LogP contribution in [0.3, 0.4) is 0 Å². The average molecular weight is 650 g/mol. The molecule has 1 aromatic heterocycles. The Morgan fingerprint density at radius 3 is 2.04 bits per heavy atom. The third kappa shape index (κ3) is 10.5. The molecular weight excluding hydrogens is 610 g/mol. The fraction of sp³-hybridized carbons (Fsp3) is 0.250. The van der Waals surface area contributed by atoms with Gasteiger partial charge >= 0.3 is 0 Å². The number of carbonyl (C=O) groups excluding carboxylic acids is 2. The molecular formula is C36H39N7O5. The number of rotatable bonds is 18. The Labute approximate surface area is 279 Å². The van der Waals surface area contributed by atoms with Crippen LogP contribution in [0, 0.1) is 0 Å². The maximum atomic E-state index is 12.9. The number of hydrogen-bond acceptors (Lipinski definition) is 11. The van der Waals surface area contributed by atoms with Crippen molar-refractivity contribution in [2.45, 2.75) is 26.3 Å². The topological polar surface area (TPSA) is 160 Å². The van der Waals surface area contributed by atoms with E-state index in [1.54, 1.807) is 55.5 Å². The van der Waals surface area contributed by atoms with Gasteiger partial charge in [-0.3, -0.25) is 4.79 Å². The molecule has 0 unspecified atom stereocenters. The second-order valence-corrected chi connectivity index (χ2v) is 11.0. The lowest BCUT2D eigenvalue weighted by Crippen LogP contribution is -2.22. The van der Waals surface area contributed by atoms with Gasteiger partial charge in [-0.05, 0) is 78.2 Å². The average Bonchev–Trinajstić information content (AvgIpc) is 3.09. The smallest absolute Gasteiger partial charge is 0.251 e. The van der Waals surface area contributed by atoms with Crippen molar-refractivity contribution >= 4 is 51.7 Å². The molecule has 0 saturated carbocycles. The SMILES string of the molecule is CC(=O)CCCOCCOCCNc1nc(Nc2ccc(O)cc2)nc(Nc2ccc(C(=O)NCc3cccc4ccccc34)cc2)n1. The van der Waals surface area contributed by atoms with Crippen LogP contribution >= 0.6 is 0 Å². The normalized spacial score (nSPS) is 10.9. The van der Waals surface area contributed by atoms with E-state index in [2.05, 4.69) is 54.4 Å². The molecule has 4 aromatic carbocycles. The van der Waals surface area contributed by atoms with Crippen LogP contribution < -0.4 is 21.3 Å². The van der Waals surface area contributed by atoms with Crippen molar-refractivity contribution in [3.8, 4) is 5.75 Å². The van der Waals surface area contributed by atoms with Crippen LogP contribution in [0.5, 0.6) is 5.75 Å². The molecule has 48 heavy (non-hydrogen) atoms. The molecule has 0 saturated heterocycles. The summed E-state index contributed by atoms with van der Waals surface area (Å²) in [7, 11) is 0. The second-order valence-electron chi connectivity index (χ2n) is 11.0. The first-order valence-corrected chi connectivity index (χ1v) is 15.8. The van der Waals surface area contributed by atoms with Crippen molar-refractivity contribution in [1.82, 2.24) is 20.3 Å². The van der Waals surface area contributed by atoms with Gasteiger partial charge in [0.05, 0.1) is 19.8 Å². The summed E-state index contributed by atoms with van der Waals surface area (Å²) in [6.07, 6.45) is 1.23. The lowest BCUT2D eigenvalue weighted by atomic mass is 10.0. The van der Waals surface area contributed by atoms with Crippen LogP contribution in [0.15, 0.2) is 91.0 Å². The number of benzene rings is 4. The van der Waals surface area contributed by atoms with E-state index in [-0.39, 0.29) is 29.3 Å². The van der Waals surface area contributed by atoms with Gasteiger partial charge in [0.15, 0.2) is 0 Å². The fourth-order valence-electron chi connectivity index (χ4n) is 4.78. The van der Waals surface area contributed by atoms with E-state index < -0.39 is 0 Å². The number of aromatic nitrogens is 3. The van der Waals surface area contributed by atoms with Crippen LogP contribution in [0.25, 0.3) is 10.8 Å². The number of Topliss-reactive ketones (excluding diaryl/α,β-unsaturated/α-hetero) is 1. The Morgan fingerprint density at radius 2 is 1.33 bits per heavy atom. The quantitative estimate of drug-likeness (QED) is 0.0563. The summed E-state index contributed by atoms with van der Waals surface area (Å²) in [5.74, 6) is 1.01. The van der Waals surface area contributed by atoms with Gasteiger partial charge < -0.3 is 40.6 Å². The molecule has 12 nitrogen and oxygen atoms in total. The van der Waals surface area contributed by atoms with E-state index in [9.17, 15) is 14.7 Å². The van der Waals surface area contributed by atoms with Gasteiger partial charge in [0.1, 0.15) is 11.5 Å². The molecule has 5 aromatic rings. The molecule has 12 heteroatoms. The summed E-state index contributed by atoms with van der Waals surface area (Å²) in [6, 6.07) is 27.7. The third-order valence-corrected chi connectivity index (χ3v) is 7.20. The highest BCUT2D eigenvalue weighted by Crippen LogP contribution is 2.22. The van der Waals surface area contributed by atoms with Crippen LogP contribution in [0.1, 0.15) is 35.7 Å². The van der Waals surface area contributed by atoms with Crippen molar-refractivity contribution in [3.63, 3.8) is 0 Å². The molecule has 0 aliphatic rings. The van der Waals surface area contributed by atoms with E-state index in [1.807, 2.05) is 24.3 Å². The summed E-state index contributed by atoms with van der Waals surface area (Å²) in [5.41, 5.74) is 2.94. The first kappa shape index (κ1) is 33.8. The Hall–Kier alpha value is -5.59. The third-order valence-electron chi connectivity index (χ3n) is 7.20. The Morgan fingerprint density at radius 1 is 0.708 bits per heavy atom. The van der Waals surface area contributed by atoms with E-state index >= 15 is 0 Å². The van der Waals surface area contributed by atoms with Crippen molar-refractivity contribution in [1.29, 1.82) is 0 Å². The predicted molar refractivity (Wildman–Crippen MR) is 186 cm³/mol. The molecule has 1 heterocycles. The minimum Gasteiger partial charge on any atom is -0.508 e. The molecule has 0 bridgehead atoms. The van der Waals surface area contributed by atoms with Crippen LogP contribution in [-0.2, 0) is 20.8 Å². The molecule has 0 spiro atoms. The number of ketones is 1. The molecule has 0 fully saturated rings. The second kappa shape index (κ2) is 17.4. The summed E-state index contributed by atoms with van der Waals surface area (Å²) < 4.78 is 11.1. The van der Waals surface area contributed by atoms with Gasteiger partial charge in [-0.25, -0.2) is 0 Å². The van der Waals surface area contributed by atoms with E-state index in [1.165, 1.54) is 0 Å².